The van der Waals surface area contributed by atoms with Crippen molar-refractivity contribution in [2.24, 2.45) is 5.41 Å². The van der Waals surface area contributed by atoms with Gasteiger partial charge in [0.2, 0.25) is 0 Å². The molecule has 0 aliphatic carbocycles. The second-order valence-electron chi connectivity index (χ2n) is 3.95. The van der Waals surface area contributed by atoms with Crippen molar-refractivity contribution >= 4 is 11.9 Å². The van der Waals surface area contributed by atoms with E-state index in [1.165, 1.54) is 20.8 Å². The lowest BCUT2D eigenvalue weighted by molar-refractivity contribution is -0.364. The van der Waals surface area contributed by atoms with Gasteiger partial charge in [-0.3, -0.25) is 0 Å². The lowest BCUT2D eigenvalue weighted by Gasteiger charge is -2.32. The molecule has 0 spiro atoms. The predicted molar refractivity (Wildman–Crippen MR) is 49.5 cm³/mol. The number of esters is 1. The lowest BCUT2D eigenvalue weighted by Crippen LogP contribution is -2.46. The maximum atomic E-state index is 10.9. The molecule has 0 saturated carbocycles. The predicted octanol–water partition coefficient (Wildman–Crippen LogP) is -0.145. The minimum atomic E-state index is -2.65. The van der Waals surface area contributed by atoms with Crippen molar-refractivity contribution in [3.05, 3.63) is 12.2 Å². The molecule has 0 rings (SSSR count). The van der Waals surface area contributed by atoms with Crippen molar-refractivity contribution in [2.45, 2.75) is 26.7 Å². The lowest BCUT2D eigenvalue weighted by atomic mass is 9.93. The molecule has 0 aromatic carbocycles. The summed E-state index contributed by atoms with van der Waals surface area (Å²) >= 11 is 0. The third kappa shape index (κ3) is 4.57. The minimum absolute atomic E-state index is 0.543. The van der Waals surface area contributed by atoms with Gasteiger partial charge in [0.25, 0.3) is 0 Å². The van der Waals surface area contributed by atoms with Gasteiger partial charge >= 0.3 is 17.9 Å². The van der Waals surface area contributed by atoms with Gasteiger partial charge in [0.1, 0.15) is 0 Å². The van der Waals surface area contributed by atoms with Crippen molar-refractivity contribution in [1.82, 2.24) is 0 Å². The summed E-state index contributed by atoms with van der Waals surface area (Å²) in [7, 11) is 0. The Labute approximate surface area is 86.8 Å². The molecule has 0 saturated heterocycles. The molecule has 0 radical (unpaired) electrons. The fraction of sp³-hybridized carbons (Fsp3) is 0.556. The second kappa shape index (κ2) is 4.41. The van der Waals surface area contributed by atoms with Crippen LogP contribution in [0.2, 0.25) is 0 Å². The molecule has 3 N–H and O–H groups in total. The third-order valence-corrected chi connectivity index (χ3v) is 1.58. The van der Waals surface area contributed by atoms with Crippen molar-refractivity contribution in [3.8, 4) is 0 Å². The zero-order chi connectivity index (χ0) is 12.3. The van der Waals surface area contributed by atoms with Crippen LogP contribution >= 0.6 is 0 Å². The number of aliphatic carboxylic acids is 1. The quantitative estimate of drug-likeness (QED) is 0.346. The average Bonchev–Trinajstić information content (AvgIpc) is 1.97. The third-order valence-electron chi connectivity index (χ3n) is 1.58. The van der Waals surface area contributed by atoms with E-state index in [0.29, 0.717) is 12.2 Å². The Balaban J connectivity index is 4.49. The molecule has 0 aliphatic heterocycles. The van der Waals surface area contributed by atoms with E-state index in [1.807, 2.05) is 0 Å². The Morgan fingerprint density at radius 1 is 1.13 bits per heavy atom. The highest BCUT2D eigenvalue weighted by molar-refractivity contribution is 5.90. The Hall–Kier alpha value is -1.40. The van der Waals surface area contributed by atoms with E-state index in [2.05, 4.69) is 4.74 Å². The van der Waals surface area contributed by atoms with Crippen LogP contribution in [0.15, 0.2) is 12.2 Å². The van der Waals surface area contributed by atoms with Gasteiger partial charge in [0.05, 0.1) is 5.41 Å². The van der Waals surface area contributed by atoms with Crippen LogP contribution in [0.5, 0.6) is 0 Å². The van der Waals surface area contributed by atoms with E-state index in [1.54, 1.807) is 0 Å². The van der Waals surface area contributed by atoms with Crippen LogP contribution in [-0.4, -0.2) is 33.2 Å². The highest BCUT2D eigenvalue weighted by Gasteiger charge is 2.42. The molecule has 86 valence electrons. The summed E-state index contributed by atoms with van der Waals surface area (Å²) in [6.45, 7) is 4.34. The zero-order valence-electron chi connectivity index (χ0n) is 8.72. The number of aliphatic hydroxyl groups is 2. The van der Waals surface area contributed by atoms with Gasteiger partial charge in [-0.15, -0.1) is 0 Å². The van der Waals surface area contributed by atoms with Crippen LogP contribution in [0.25, 0.3) is 0 Å². The first-order chi connectivity index (χ1) is 6.56. The van der Waals surface area contributed by atoms with E-state index in [0.717, 1.165) is 0 Å². The molecular weight excluding hydrogens is 204 g/mol. The molecule has 0 heterocycles. The first kappa shape index (κ1) is 13.6. The zero-order valence-corrected chi connectivity index (χ0v) is 8.72. The Morgan fingerprint density at radius 3 is 1.93 bits per heavy atom. The molecule has 0 aromatic rings. The molecule has 6 heteroatoms. The monoisotopic (exact) mass is 218 g/mol. The molecule has 0 aliphatic rings. The summed E-state index contributed by atoms with van der Waals surface area (Å²) in [5.74, 6) is -5.12. The number of carboxylic acids is 1. The van der Waals surface area contributed by atoms with Crippen LogP contribution < -0.4 is 0 Å². The summed E-state index contributed by atoms with van der Waals surface area (Å²) in [5.41, 5.74) is -1.10. The van der Waals surface area contributed by atoms with Gasteiger partial charge in [0, 0.05) is 12.2 Å². The van der Waals surface area contributed by atoms with Gasteiger partial charge in [-0.25, -0.2) is 9.59 Å². The van der Waals surface area contributed by atoms with Gasteiger partial charge in [0.15, 0.2) is 0 Å². The van der Waals surface area contributed by atoms with Gasteiger partial charge < -0.3 is 20.1 Å². The summed E-state index contributed by atoms with van der Waals surface area (Å²) < 4.78 is 4.27. The topological polar surface area (TPSA) is 104 Å². The molecule has 0 amide bonds. The van der Waals surface area contributed by atoms with Crippen molar-refractivity contribution in [1.29, 1.82) is 0 Å². The van der Waals surface area contributed by atoms with Gasteiger partial charge in [-0.05, 0) is 0 Å². The molecule has 15 heavy (non-hydrogen) atoms. The molecule has 0 atom stereocenters. The second-order valence-corrected chi connectivity index (χ2v) is 3.95. The maximum Gasteiger partial charge on any atom is 0.335 e. The summed E-state index contributed by atoms with van der Waals surface area (Å²) in [4.78, 5) is 21.0. The van der Waals surface area contributed by atoms with Gasteiger partial charge in [-0.1, -0.05) is 20.8 Å². The average molecular weight is 218 g/mol. The molecule has 6 nitrogen and oxygen atoms in total. The van der Waals surface area contributed by atoms with Gasteiger partial charge in [-0.2, -0.15) is 0 Å². The SMILES string of the molecule is CC(C)(C)C(O)(O)OC(=O)/C=C\C(=O)O. The fourth-order valence-electron chi connectivity index (χ4n) is 0.467. The largest absolute Gasteiger partial charge is 0.478 e. The number of ether oxygens (including phenoxy) is 1. The number of hydrogen-bond donors (Lipinski definition) is 3. The maximum absolute atomic E-state index is 10.9. The van der Waals surface area contributed by atoms with Crippen LogP contribution in [0.3, 0.4) is 0 Å². The highest BCUT2D eigenvalue weighted by atomic mass is 16.8. The smallest absolute Gasteiger partial charge is 0.335 e. The summed E-state index contributed by atoms with van der Waals surface area (Å²) in [6, 6.07) is 0. The van der Waals surface area contributed by atoms with Crippen molar-refractivity contribution in [3.63, 3.8) is 0 Å². The molecule has 0 unspecified atom stereocenters. The number of rotatable bonds is 3. The van der Waals surface area contributed by atoms with E-state index in [4.69, 9.17) is 5.11 Å². The number of carbonyl (C=O) groups excluding carboxylic acids is 1. The first-order valence-electron chi connectivity index (χ1n) is 4.15. The number of carbonyl (C=O) groups is 2. The number of hydrogen-bond acceptors (Lipinski definition) is 5. The normalized spacial score (nSPS) is 12.9. The number of carboxylic acid groups (broad SMARTS) is 1. The molecule has 0 aromatic heterocycles. The van der Waals surface area contributed by atoms with Crippen LogP contribution in [0.4, 0.5) is 0 Å². The van der Waals surface area contributed by atoms with E-state index >= 15 is 0 Å². The van der Waals surface area contributed by atoms with Crippen LogP contribution in [0, 0.1) is 5.41 Å². The van der Waals surface area contributed by atoms with Crippen LogP contribution in [-0.2, 0) is 14.3 Å². The molecular formula is C9H14O6. The van der Waals surface area contributed by atoms with E-state index in [9.17, 15) is 19.8 Å². The summed E-state index contributed by atoms with van der Waals surface area (Å²) in [5, 5.41) is 26.8. The standard InChI is InChI=1S/C9H14O6/c1-8(2,3)9(13,14)15-7(12)5-4-6(10)11/h4-5,13-14H,1-3H3,(H,10,11)/b5-4-. The van der Waals surface area contributed by atoms with E-state index < -0.39 is 23.3 Å². The summed E-state index contributed by atoms with van der Waals surface area (Å²) in [6.07, 6.45) is 1.14. The Kier molecular flexibility index (Phi) is 4.00. The van der Waals surface area contributed by atoms with E-state index in [-0.39, 0.29) is 0 Å². The Morgan fingerprint density at radius 2 is 1.60 bits per heavy atom. The van der Waals surface area contributed by atoms with Crippen LogP contribution in [0.1, 0.15) is 20.8 Å². The van der Waals surface area contributed by atoms with Crippen molar-refractivity contribution in [2.75, 3.05) is 0 Å². The van der Waals surface area contributed by atoms with Crippen molar-refractivity contribution < 1.29 is 29.6 Å². The fourth-order valence-corrected chi connectivity index (χ4v) is 0.467. The minimum Gasteiger partial charge on any atom is -0.478 e. The first-order valence-corrected chi connectivity index (χ1v) is 4.15. The highest BCUT2D eigenvalue weighted by Crippen LogP contribution is 2.28. The Bertz CT molecular complexity index is 283. The molecule has 0 fully saturated rings. The molecule has 0 bridgehead atoms.